The quantitative estimate of drug-likeness (QED) is 0.444. The minimum Gasteiger partial charge on any atom is -0.496 e. The molecule has 0 aromatic heterocycles. The molecule has 2 aromatic carbocycles. The third kappa shape index (κ3) is 4.79. The van der Waals surface area contributed by atoms with Crippen LogP contribution in [0.3, 0.4) is 0 Å². The zero-order valence-corrected chi connectivity index (χ0v) is 24.8. The molecule has 8 nitrogen and oxygen atoms in total. The molecule has 1 aliphatic carbocycles. The minimum atomic E-state index is -1.21. The fourth-order valence-corrected chi connectivity index (χ4v) is 7.42. The van der Waals surface area contributed by atoms with Crippen LogP contribution in [-0.2, 0) is 25.7 Å². The van der Waals surface area contributed by atoms with E-state index in [1.54, 1.807) is 12.0 Å². The van der Waals surface area contributed by atoms with Gasteiger partial charge in [0.15, 0.2) is 0 Å². The molecule has 0 radical (unpaired) electrons. The summed E-state index contributed by atoms with van der Waals surface area (Å²) in [6.07, 6.45) is 7.33. The molecule has 2 aromatic rings. The molecule has 3 aliphatic heterocycles. The first-order valence-corrected chi connectivity index (χ1v) is 15.2. The summed E-state index contributed by atoms with van der Waals surface area (Å²) < 4.78 is 12.1. The number of ether oxygens (including phenoxy) is 2. The van der Waals surface area contributed by atoms with Gasteiger partial charge in [-0.2, -0.15) is 0 Å². The summed E-state index contributed by atoms with van der Waals surface area (Å²) in [6, 6.07) is 14.4. The second kappa shape index (κ2) is 11.2. The third-order valence-electron chi connectivity index (χ3n) is 9.74. The number of hydrogen-bond donors (Lipinski definition) is 2. The van der Waals surface area contributed by atoms with Gasteiger partial charge < -0.3 is 25.0 Å². The molecule has 6 rings (SSSR count). The van der Waals surface area contributed by atoms with Gasteiger partial charge in [0.05, 0.1) is 31.6 Å². The lowest BCUT2D eigenvalue weighted by Crippen LogP contribution is -2.57. The summed E-state index contributed by atoms with van der Waals surface area (Å²) >= 11 is 0. The number of para-hydroxylation sites is 1. The normalized spacial score (nSPS) is 31.4. The molecule has 4 aliphatic rings. The maximum Gasteiger partial charge on any atom is 0.246 e. The van der Waals surface area contributed by atoms with Crippen LogP contribution in [0.2, 0.25) is 0 Å². The number of carbonyl (C=O) groups excluding carboxylic acids is 3. The average molecular weight is 572 g/mol. The van der Waals surface area contributed by atoms with E-state index in [9.17, 15) is 14.4 Å². The van der Waals surface area contributed by atoms with Crippen LogP contribution in [0.15, 0.2) is 60.7 Å². The van der Waals surface area contributed by atoms with Crippen molar-refractivity contribution in [2.75, 3.05) is 12.4 Å². The predicted octanol–water partition coefficient (Wildman–Crippen LogP) is 4.80. The van der Waals surface area contributed by atoms with Crippen LogP contribution in [0.1, 0.15) is 63.5 Å². The van der Waals surface area contributed by atoms with Crippen molar-refractivity contribution in [2.45, 2.75) is 82.7 Å². The topological polar surface area (TPSA) is 97.0 Å². The molecular weight excluding hydrogens is 530 g/mol. The van der Waals surface area contributed by atoms with E-state index in [0.717, 1.165) is 31.2 Å². The van der Waals surface area contributed by atoms with E-state index in [-0.39, 0.29) is 30.3 Å². The van der Waals surface area contributed by atoms with Crippen molar-refractivity contribution in [3.8, 4) is 5.75 Å². The number of benzene rings is 2. The van der Waals surface area contributed by atoms with Crippen molar-refractivity contribution in [3.63, 3.8) is 0 Å². The van der Waals surface area contributed by atoms with E-state index < -0.39 is 29.6 Å². The van der Waals surface area contributed by atoms with Crippen molar-refractivity contribution in [1.82, 2.24) is 10.2 Å². The van der Waals surface area contributed by atoms with Crippen molar-refractivity contribution >= 4 is 23.4 Å². The molecule has 7 atom stereocenters. The fraction of sp³-hybridized carbons (Fsp3) is 0.500. The van der Waals surface area contributed by atoms with E-state index in [1.807, 2.05) is 60.7 Å². The van der Waals surface area contributed by atoms with E-state index in [4.69, 9.17) is 9.47 Å². The van der Waals surface area contributed by atoms with Gasteiger partial charge in [0.25, 0.3) is 0 Å². The summed E-state index contributed by atoms with van der Waals surface area (Å²) in [6.45, 7) is 6.58. The first-order chi connectivity index (χ1) is 20.2. The Labute approximate surface area is 247 Å². The Morgan fingerprint density at radius 3 is 2.52 bits per heavy atom. The lowest BCUT2D eigenvalue weighted by atomic mass is 9.74. The number of hydrogen-bond acceptors (Lipinski definition) is 5. The Bertz CT molecular complexity index is 1390. The number of fused-ring (bicyclic) bond motifs is 1. The summed E-state index contributed by atoms with van der Waals surface area (Å²) in [5.41, 5.74) is 1.42. The van der Waals surface area contributed by atoms with Crippen LogP contribution in [0, 0.1) is 17.8 Å². The molecule has 7 unspecified atom stereocenters. The number of amides is 3. The van der Waals surface area contributed by atoms with Gasteiger partial charge in [-0.1, -0.05) is 76.1 Å². The van der Waals surface area contributed by atoms with Crippen LogP contribution in [-0.4, -0.2) is 53.5 Å². The first-order valence-electron chi connectivity index (χ1n) is 15.2. The number of anilines is 1. The molecule has 2 N–H and O–H groups in total. The van der Waals surface area contributed by atoms with Gasteiger partial charge >= 0.3 is 0 Å². The zero-order chi connectivity index (χ0) is 29.6. The van der Waals surface area contributed by atoms with Crippen LogP contribution in [0.4, 0.5) is 5.69 Å². The molecule has 1 spiro atoms. The molecule has 42 heavy (non-hydrogen) atoms. The number of likely N-dealkylation sites (tertiary alicyclic amines) is 1. The molecule has 3 heterocycles. The van der Waals surface area contributed by atoms with Crippen LogP contribution >= 0.6 is 0 Å². The zero-order valence-electron chi connectivity index (χ0n) is 24.8. The smallest absolute Gasteiger partial charge is 0.246 e. The van der Waals surface area contributed by atoms with E-state index in [2.05, 4.69) is 31.4 Å². The van der Waals surface area contributed by atoms with Gasteiger partial charge in [0.2, 0.25) is 17.7 Å². The van der Waals surface area contributed by atoms with Crippen LogP contribution in [0.5, 0.6) is 5.75 Å². The molecular formula is C34H41N3O5. The Balaban J connectivity index is 1.32. The van der Waals surface area contributed by atoms with Gasteiger partial charge in [0.1, 0.15) is 17.4 Å². The van der Waals surface area contributed by atoms with Crippen LogP contribution in [0.25, 0.3) is 0 Å². The Morgan fingerprint density at radius 1 is 1.07 bits per heavy atom. The highest BCUT2D eigenvalue weighted by Gasteiger charge is 2.72. The summed E-state index contributed by atoms with van der Waals surface area (Å²) in [7, 11) is 1.59. The molecule has 1 saturated carbocycles. The Hall–Kier alpha value is -3.65. The molecule has 2 bridgehead atoms. The van der Waals surface area contributed by atoms with Gasteiger partial charge in [0, 0.05) is 17.3 Å². The van der Waals surface area contributed by atoms with E-state index >= 15 is 0 Å². The minimum absolute atomic E-state index is 0.0420. The largest absolute Gasteiger partial charge is 0.496 e. The molecule has 8 heteroatoms. The van der Waals surface area contributed by atoms with Crippen molar-refractivity contribution in [2.24, 2.45) is 17.8 Å². The predicted molar refractivity (Wildman–Crippen MR) is 160 cm³/mol. The van der Waals surface area contributed by atoms with Gasteiger partial charge in [-0.15, -0.1) is 0 Å². The molecule has 3 fully saturated rings. The summed E-state index contributed by atoms with van der Waals surface area (Å²) in [5, 5.41) is 6.30. The SMILES string of the molecule is COc1ccccc1CN1C(=O)C2C(C(=O)Nc3ccc(C(C)C)cc3)C3C=CC2(O3)C1C(=O)NC1CCCCC1C. The summed E-state index contributed by atoms with van der Waals surface area (Å²) in [5.74, 6) is -0.942. The summed E-state index contributed by atoms with van der Waals surface area (Å²) in [4.78, 5) is 43.9. The highest BCUT2D eigenvalue weighted by atomic mass is 16.5. The van der Waals surface area contributed by atoms with E-state index in [0.29, 0.717) is 23.3 Å². The van der Waals surface area contributed by atoms with Crippen molar-refractivity contribution in [3.05, 3.63) is 71.8 Å². The number of nitrogens with one attached hydrogen (secondary N) is 2. The monoisotopic (exact) mass is 571 g/mol. The third-order valence-corrected chi connectivity index (χ3v) is 9.74. The number of rotatable bonds is 8. The maximum atomic E-state index is 14.3. The van der Waals surface area contributed by atoms with Gasteiger partial charge in [-0.05, 0) is 48.4 Å². The second-order valence-corrected chi connectivity index (χ2v) is 12.6. The lowest BCUT2D eigenvalue weighted by Gasteiger charge is -2.36. The van der Waals surface area contributed by atoms with Crippen molar-refractivity contribution in [1.29, 1.82) is 0 Å². The fourth-order valence-electron chi connectivity index (χ4n) is 7.42. The Kier molecular flexibility index (Phi) is 7.60. The van der Waals surface area contributed by atoms with Crippen LogP contribution < -0.4 is 15.4 Å². The standard InChI is InChI=1S/C34H41N3O5/c1-20(2)22-13-15-24(16-14-22)35-31(38)28-27-17-18-34(42-27)29(28)33(40)37(19-23-10-6-8-12-26(23)41-4)30(34)32(39)36-25-11-7-5-9-21(25)3/h6,8,10,12-18,20-21,25,27-30H,5,7,9,11,19H2,1-4H3,(H,35,38)(H,36,39). The molecule has 2 saturated heterocycles. The first kappa shape index (κ1) is 28.5. The van der Waals surface area contributed by atoms with Gasteiger partial charge in [-0.3, -0.25) is 14.4 Å². The lowest BCUT2D eigenvalue weighted by molar-refractivity contribution is -0.142. The number of nitrogens with zero attached hydrogens (tertiary/aromatic N) is 1. The highest BCUT2D eigenvalue weighted by Crippen LogP contribution is 2.55. The second-order valence-electron chi connectivity index (χ2n) is 12.6. The highest BCUT2D eigenvalue weighted by molar-refractivity contribution is 6.02. The van der Waals surface area contributed by atoms with Crippen molar-refractivity contribution < 1.29 is 23.9 Å². The molecule has 3 amide bonds. The molecule has 222 valence electrons. The number of carbonyl (C=O) groups is 3. The maximum absolute atomic E-state index is 14.3. The Morgan fingerprint density at radius 2 is 1.81 bits per heavy atom. The van der Waals surface area contributed by atoms with E-state index in [1.165, 1.54) is 5.56 Å². The average Bonchev–Trinajstić information content (AvgIpc) is 3.62. The van der Waals surface area contributed by atoms with Gasteiger partial charge in [-0.25, -0.2) is 0 Å². The number of methoxy groups -OCH3 is 1.